The maximum absolute atomic E-state index is 5.70. The van der Waals surface area contributed by atoms with E-state index in [0.29, 0.717) is 5.92 Å². The van der Waals surface area contributed by atoms with Crippen molar-refractivity contribution in [2.75, 3.05) is 26.7 Å². The Morgan fingerprint density at radius 3 is 2.53 bits per heavy atom. The number of aryl methyl sites for hydroxylation is 2. The van der Waals surface area contributed by atoms with Gasteiger partial charge in [0, 0.05) is 0 Å². The molecule has 0 spiro atoms. The highest BCUT2D eigenvalue weighted by Gasteiger charge is 2.07. The third kappa shape index (κ3) is 4.84. The van der Waals surface area contributed by atoms with Crippen LogP contribution in [0.4, 0.5) is 0 Å². The Morgan fingerprint density at radius 1 is 1.26 bits per heavy atom. The van der Waals surface area contributed by atoms with Gasteiger partial charge in [0.05, 0.1) is 7.11 Å². The zero-order valence-corrected chi connectivity index (χ0v) is 12.8. The molecule has 1 unspecified atom stereocenters. The van der Waals surface area contributed by atoms with E-state index >= 15 is 0 Å². The molecule has 19 heavy (non-hydrogen) atoms. The van der Waals surface area contributed by atoms with Crippen molar-refractivity contribution in [2.45, 2.75) is 33.6 Å². The normalized spacial score (nSPS) is 12.5. The van der Waals surface area contributed by atoms with Crippen molar-refractivity contribution in [3.8, 4) is 5.75 Å². The van der Waals surface area contributed by atoms with Crippen molar-refractivity contribution in [1.82, 2.24) is 5.32 Å². The lowest BCUT2D eigenvalue weighted by Gasteiger charge is -2.15. The summed E-state index contributed by atoms with van der Waals surface area (Å²) in [7, 11) is 1.74. The quantitative estimate of drug-likeness (QED) is 0.709. The van der Waals surface area contributed by atoms with Gasteiger partial charge in [0.15, 0.2) is 0 Å². The summed E-state index contributed by atoms with van der Waals surface area (Å²) in [5.74, 6) is 1.58. The molecule has 0 bridgehead atoms. The first-order valence-corrected chi connectivity index (χ1v) is 7.17. The summed E-state index contributed by atoms with van der Waals surface area (Å²) in [6.07, 6.45) is 2.13. The van der Waals surface area contributed by atoms with E-state index in [2.05, 4.69) is 38.2 Å². The van der Waals surface area contributed by atoms with Crippen LogP contribution in [0.3, 0.4) is 0 Å². The van der Waals surface area contributed by atoms with E-state index in [-0.39, 0.29) is 0 Å². The summed E-state index contributed by atoms with van der Waals surface area (Å²) < 4.78 is 5.45. The molecule has 0 aliphatic carbocycles. The van der Waals surface area contributed by atoms with Gasteiger partial charge in [0.2, 0.25) is 0 Å². The van der Waals surface area contributed by atoms with Crippen molar-refractivity contribution in [3.63, 3.8) is 0 Å². The number of benzene rings is 1. The highest BCUT2D eigenvalue weighted by atomic mass is 16.5. The fourth-order valence-electron chi connectivity index (χ4n) is 2.16. The highest BCUT2D eigenvalue weighted by molar-refractivity contribution is 5.41. The molecule has 3 N–H and O–H groups in total. The Kier molecular flexibility index (Phi) is 6.89. The van der Waals surface area contributed by atoms with Gasteiger partial charge >= 0.3 is 0 Å². The number of nitrogens with one attached hydrogen (secondary N) is 1. The van der Waals surface area contributed by atoms with E-state index < -0.39 is 0 Å². The summed E-state index contributed by atoms with van der Waals surface area (Å²) in [6, 6.07) is 4.36. The number of nitrogens with two attached hydrogens (primary N) is 1. The Balaban J connectivity index is 2.51. The maximum atomic E-state index is 5.70. The predicted molar refractivity (Wildman–Crippen MR) is 81.9 cm³/mol. The monoisotopic (exact) mass is 264 g/mol. The molecule has 3 nitrogen and oxygen atoms in total. The van der Waals surface area contributed by atoms with Crippen LogP contribution in [0.5, 0.6) is 5.75 Å². The Bertz CT molecular complexity index is 387. The summed E-state index contributed by atoms with van der Waals surface area (Å²) in [5.41, 5.74) is 9.58. The highest BCUT2D eigenvalue weighted by Crippen LogP contribution is 2.23. The number of rotatable bonds is 8. The van der Waals surface area contributed by atoms with Crippen LogP contribution in [0.15, 0.2) is 12.1 Å². The summed E-state index contributed by atoms with van der Waals surface area (Å²) in [5, 5.41) is 3.49. The van der Waals surface area contributed by atoms with Gasteiger partial charge in [-0.1, -0.05) is 19.4 Å². The SMILES string of the molecule is CCC(CN)CNCCc1cc(C)c(C)cc1OC. The summed E-state index contributed by atoms with van der Waals surface area (Å²) >= 11 is 0. The Hall–Kier alpha value is -1.06. The third-order valence-corrected chi connectivity index (χ3v) is 3.81. The second-order valence-electron chi connectivity index (χ2n) is 5.21. The molecule has 108 valence electrons. The minimum Gasteiger partial charge on any atom is -0.496 e. The van der Waals surface area contributed by atoms with E-state index in [1.54, 1.807) is 7.11 Å². The lowest BCUT2D eigenvalue weighted by molar-refractivity contribution is 0.407. The van der Waals surface area contributed by atoms with Crippen LogP contribution in [0, 0.1) is 19.8 Å². The fourth-order valence-corrected chi connectivity index (χ4v) is 2.16. The van der Waals surface area contributed by atoms with Crippen LogP contribution in [0.25, 0.3) is 0 Å². The van der Waals surface area contributed by atoms with Crippen LogP contribution in [0.2, 0.25) is 0 Å². The molecule has 1 aromatic rings. The zero-order valence-electron chi connectivity index (χ0n) is 12.8. The predicted octanol–water partition coefficient (Wildman–Crippen LogP) is 2.43. The first-order chi connectivity index (χ1) is 9.12. The average molecular weight is 264 g/mol. The minimum absolute atomic E-state index is 0.585. The third-order valence-electron chi connectivity index (χ3n) is 3.81. The molecule has 3 heteroatoms. The van der Waals surface area contributed by atoms with Gasteiger partial charge in [0.1, 0.15) is 5.75 Å². The Labute approximate surface area is 117 Å². The van der Waals surface area contributed by atoms with Gasteiger partial charge < -0.3 is 15.8 Å². The lowest BCUT2D eigenvalue weighted by atomic mass is 10.0. The molecule has 1 rings (SSSR count). The molecule has 0 heterocycles. The van der Waals surface area contributed by atoms with Gasteiger partial charge in [-0.05, 0) is 68.6 Å². The van der Waals surface area contributed by atoms with Crippen LogP contribution < -0.4 is 15.8 Å². The van der Waals surface area contributed by atoms with Gasteiger partial charge in [-0.25, -0.2) is 0 Å². The molecular weight excluding hydrogens is 236 g/mol. The first-order valence-electron chi connectivity index (χ1n) is 7.17. The van der Waals surface area contributed by atoms with E-state index in [1.807, 2.05) is 0 Å². The zero-order chi connectivity index (χ0) is 14.3. The van der Waals surface area contributed by atoms with Crippen LogP contribution >= 0.6 is 0 Å². The molecule has 0 radical (unpaired) electrons. The second kappa shape index (κ2) is 8.18. The molecule has 0 aromatic heterocycles. The second-order valence-corrected chi connectivity index (χ2v) is 5.21. The average Bonchev–Trinajstić information content (AvgIpc) is 2.42. The molecule has 0 saturated heterocycles. The smallest absolute Gasteiger partial charge is 0.122 e. The van der Waals surface area contributed by atoms with Gasteiger partial charge in [0.25, 0.3) is 0 Å². The Morgan fingerprint density at radius 2 is 1.95 bits per heavy atom. The van der Waals surface area contributed by atoms with E-state index in [1.165, 1.54) is 16.7 Å². The van der Waals surface area contributed by atoms with Crippen molar-refractivity contribution in [2.24, 2.45) is 11.7 Å². The fraction of sp³-hybridized carbons (Fsp3) is 0.625. The topological polar surface area (TPSA) is 47.3 Å². The van der Waals surface area contributed by atoms with Crippen molar-refractivity contribution in [3.05, 3.63) is 28.8 Å². The molecule has 0 amide bonds. The van der Waals surface area contributed by atoms with Crippen LogP contribution in [-0.4, -0.2) is 26.7 Å². The first kappa shape index (κ1) is 16.0. The molecule has 1 atom stereocenters. The van der Waals surface area contributed by atoms with Crippen LogP contribution in [0.1, 0.15) is 30.0 Å². The van der Waals surface area contributed by atoms with E-state index in [9.17, 15) is 0 Å². The number of ether oxygens (including phenoxy) is 1. The number of hydrogen-bond donors (Lipinski definition) is 2. The molecule has 0 fully saturated rings. The molecule has 0 saturated carbocycles. The molecule has 1 aromatic carbocycles. The van der Waals surface area contributed by atoms with Crippen LogP contribution in [-0.2, 0) is 6.42 Å². The van der Waals surface area contributed by atoms with Crippen molar-refractivity contribution < 1.29 is 4.74 Å². The standard InChI is InChI=1S/C16H28N2O/c1-5-14(10-17)11-18-7-6-15-8-12(2)13(3)9-16(15)19-4/h8-9,14,18H,5-7,10-11,17H2,1-4H3. The van der Waals surface area contributed by atoms with Gasteiger partial charge in [-0.2, -0.15) is 0 Å². The number of methoxy groups -OCH3 is 1. The van der Waals surface area contributed by atoms with E-state index in [4.69, 9.17) is 10.5 Å². The van der Waals surface area contributed by atoms with Crippen molar-refractivity contribution in [1.29, 1.82) is 0 Å². The molecule has 0 aliphatic rings. The largest absolute Gasteiger partial charge is 0.496 e. The van der Waals surface area contributed by atoms with E-state index in [0.717, 1.165) is 38.2 Å². The molecule has 0 aliphatic heterocycles. The lowest BCUT2D eigenvalue weighted by Crippen LogP contribution is -2.29. The maximum Gasteiger partial charge on any atom is 0.122 e. The van der Waals surface area contributed by atoms with Crippen molar-refractivity contribution >= 4 is 0 Å². The van der Waals surface area contributed by atoms with Gasteiger partial charge in [-0.15, -0.1) is 0 Å². The summed E-state index contributed by atoms with van der Waals surface area (Å²) in [6.45, 7) is 9.18. The van der Waals surface area contributed by atoms with Gasteiger partial charge in [-0.3, -0.25) is 0 Å². The molecular formula is C16H28N2O. The number of hydrogen-bond acceptors (Lipinski definition) is 3. The minimum atomic E-state index is 0.585. The summed E-state index contributed by atoms with van der Waals surface area (Å²) in [4.78, 5) is 0.